The molecular formula is C18H24N4O3. The number of carbonyl (C=O) groups is 1. The van der Waals surface area contributed by atoms with Gasteiger partial charge in [-0.1, -0.05) is 31.2 Å². The van der Waals surface area contributed by atoms with Crippen LogP contribution < -0.4 is 4.74 Å². The fraction of sp³-hybridized carbons (Fsp3) is 0.500. The van der Waals surface area contributed by atoms with Crippen molar-refractivity contribution in [2.24, 2.45) is 7.05 Å². The Morgan fingerprint density at radius 3 is 2.72 bits per heavy atom. The first-order valence-corrected chi connectivity index (χ1v) is 8.39. The van der Waals surface area contributed by atoms with E-state index in [4.69, 9.17) is 4.74 Å². The first-order chi connectivity index (χ1) is 11.8. The van der Waals surface area contributed by atoms with Gasteiger partial charge in [0.25, 0.3) is 5.91 Å². The van der Waals surface area contributed by atoms with Crippen molar-refractivity contribution in [2.75, 3.05) is 19.7 Å². The van der Waals surface area contributed by atoms with Crippen LogP contribution in [0, 0.1) is 6.92 Å². The highest BCUT2D eigenvalue weighted by Crippen LogP contribution is 2.31. The zero-order chi connectivity index (χ0) is 18.2. The predicted octanol–water partition coefficient (Wildman–Crippen LogP) is 1.36. The molecule has 2 aromatic rings. The van der Waals surface area contributed by atoms with Crippen molar-refractivity contribution in [1.29, 1.82) is 0 Å². The van der Waals surface area contributed by atoms with E-state index in [-0.39, 0.29) is 25.6 Å². The largest absolute Gasteiger partial charge is 0.483 e. The van der Waals surface area contributed by atoms with Crippen LogP contribution in [0.15, 0.2) is 24.4 Å². The van der Waals surface area contributed by atoms with E-state index in [1.165, 1.54) is 10.9 Å². The van der Waals surface area contributed by atoms with Crippen LogP contribution in [-0.4, -0.2) is 50.6 Å². The number of likely N-dealkylation sites (tertiary alicyclic amines) is 1. The van der Waals surface area contributed by atoms with Gasteiger partial charge in [-0.2, -0.15) is 0 Å². The van der Waals surface area contributed by atoms with Gasteiger partial charge in [0.2, 0.25) is 0 Å². The van der Waals surface area contributed by atoms with Gasteiger partial charge >= 0.3 is 0 Å². The Labute approximate surface area is 147 Å². The van der Waals surface area contributed by atoms with Gasteiger partial charge in [0.1, 0.15) is 11.4 Å². The summed E-state index contributed by atoms with van der Waals surface area (Å²) >= 11 is 0. The van der Waals surface area contributed by atoms with Crippen molar-refractivity contribution < 1.29 is 14.6 Å². The van der Waals surface area contributed by atoms with E-state index in [9.17, 15) is 9.90 Å². The summed E-state index contributed by atoms with van der Waals surface area (Å²) < 4.78 is 7.31. The minimum atomic E-state index is -1.08. The number of amides is 1. The van der Waals surface area contributed by atoms with Crippen molar-refractivity contribution in [3.63, 3.8) is 0 Å². The molecule has 1 aliphatic heterocycles. The highest BCUT2D eigenvalue weighted by atomic mass is 16.5. The number of hydrogen-bond acceptors (Lipinski definition) is 5. The molecule has 0 unspecified atom stereocenters. The third-order valence-electron chi connectivity index (χ3n) is 4.59. The fourth-order valence-electron chi connectivity index (χ4n) is 3.11. The quantitative estimate of drug-likeness (QED) is 0.886. The zero-order valence-electron chi connectivity index (χ0n) is 15.1. The lowest BCUT2D eigenvalue weighted by Crippen LogP contribution is -2.62. The summed E-state index contributed by atoms with van der Waals surface area (Å²) in [7, 11) is 1.72. The second kappa shape index (κ2) is 6.48. The van der Waals surface area contributed by atoms with Gasteiger partial charge in [0, 0.05) is 7.05 Å². The van der Waals surface area contributed by atoms with Crippen molar-refractivity contribution in [1.82, 2.24) is 19.9 Å². The molecule has 7 nitrogen and oxygen atoms in total. The van der Waals surface area contributed by atoms with Gasteiger partial charge < -0.3 is 14.7 Å². The normalized spacial score (nSPS) is 16.0. The molecular weight excluding hydrogens is 320 g/mol. The number of nitrogens with zero attached hydrogens (tertiary/aromatic N) is 4. The number of aromatic nitrogens is 3. The number of aliphatic hydroxyl groups is 1. The van der Waals surface area contributed by atoms with Gasteiger partial charge in [0.15, 0.2) is 6.61 Å². The molecule has 0 spiro atoms. The molecule has 1 fully saturated rings. The average molecular weight is 344 g/mol. The Bertz CT molecular complexity index is 778. The zero-order valence-corrected chi connectivity index (χ0v) is 15.1. The van der Waals surface area contributed by atoms with E-state index >= 15 is 0 Å². The maximum absolute atomic E-state index is 12.4. The first-order valence-electron chi connectivity index (χ1n) is 8.39. The van der Waals surface area contributed by atoms with E-state index in [0.29, 0.717) is 11.6 Å². The van der Waals surface area contributed by atoms with Gasteiger partial charge in [-0.25, -0.2) is 4.68 Å². The first kappa shape index (κ1) is 17.4. The summed E-state index contributed by atoms with van der Waals surface area (Å²) in [5, 5.41) is 18.2. The van der Waals surface area contributed by atoms with Crippen LogP contribution in [-0.2, 0) is 17.4 Å². The summed E-state index contributed by atoms with van der Waals surface area (Å²) in [5.74, 6) is 0.920. The second-order valence-corrected chi connectivity index (χ2v) is 7.01. The van der Waals surface area contributed by atoms with Crippen LogP contribution in [0.25, 0.3) is 0 Å². The Balaban J connectivity index is 1.60. The van der Waals surface area contributed by atoms with E-state index in [1.807, 2.05) is 25.1 Å². The Morgan fingerprint density at radius 1 is 1.40 bits per heavy atom. The molecule has 1 N–H and O–H groups in total. The van der Waals surface area contributed by atoms with Crippen molar-refractivity contribution in [3.8, 4) is 5.75 Å². The van der Waals surface area contributed by atoms with Crippen LogP contribution in [0.5, 0.6) is 5.75 Å². The molecule has 0 atom stereocenters. The number of rotatable bonds is 5. The minimum absolute atomic E-state index is 0.0388. The molecule has 1 aromatic heterocycles. The second-order valence-electron chi connectivity index (χ2n) is 7.01. The molecule has 7 heteroatoms. The molecule has 1 aromatic carbocycles. The number of carbonyl (C=O) groups excluding carboxylic acids is 1. The Hall–Kier alpha value is -2.41. The Morgan fingerprint density at radius 2 is 2.12 bits per heavy atom. The molecule has 0 saturated carbocycles. The number of ether oxygens (including phenoxy) is 1. The van der Waals surface area contributed by atoms with E-state index < -0.39 is 5.60 Å². The van der Waals surface area contributed by atoms with Gasteiger partial charge in [0.05, 0.1) is 25.0 Å². The van der Waals surface area contributed by atoms with Crippen LogP contribution >= 0.6 is 0 Å². The van der Waals surface area contributed by atoms with E-state index in [1.54, 1.807) is 11.9 Å². The van der Waals surface area contributed by atoms with Crippen LogP contribution in [0.1, 0.15) is 36.6 Å². The highest BCUT2D eigenvalue weighted by molar-refractivity contribution is 5.79. The van der Waals surface area contributed by atoms with Crippen LogP contribution in [0.3, 0.4) is 0 Å². The number of aryl methyl sites for hydroxylation is 2. The number of β-amino-alcohol motifs (C(OH)–C–C–N with tert-alkyl or cyclic N) is 1. The monoisotopic (exact) mass is 344 g/mol. The van der Waals surface area contributed by atoms with Crippen LogP contribution in [0.4, 0.5) is 0 Å². The summed E-state index contributed by atoms with van der Waals surface area (Å²) in [6.45, 7) is 6.59. The van der Waals surface area contributed by atoms with Gasteiger partial charge in [-0.15, -0.1) is 5.10 Å². The third kappa shape index (κ3) is 3.37. The molecule has 25 heavy (non-hydrogen) atoms. The van der Waals surface area contributed by atoms with Crippen LogP contribution in [0.2, 0.25) is 0 Å². The number of hydrogen-bond donors (Lipinski definition) is 1. The molecule has 1 aliphatic rings. The van der Waals surface area contributed by atoms with Crippen molar-refractivity contribution in [2.45, 2.75) is 32.3 Å². The molecule has 3 rings (SSSR count). The predicted molar refractivity (Wildman–Crippen MR) is 92.2 cm³/mol. The lowest BCUT2D eigenvalue weighted by molar-refractivity contribution is -0.160. The summed E-state index contributed by atoms with van der Waals surface area (Å²) in [6.07, 6.45) is 1.53. The Kier molecular flexibility index (Phi) is 4.51. The molecule has 1 amide bonds. The van der Waals surface area contributed by atoms with E-state index in [0.717, 1.165) is 16.9 Å². The van der Waals surface area contributed by atoms with Gasteiger partial charge in [-0.3, -0.25) is 4.79 Å². The highest BCUT2D eigenvalue weighted by Gasteiger charge is 2.47. The molecule has 0 bridgehead atoms. The van der Waals surface area contributed by atoms with Crippen molar-refractivity contribution in [3.05, 3.63) is 41.2 Å². The molecule has 0 radical (unpaired) electrons. The fourth-order valence-corrected chi connectivity index (χ4v) is 3.11. The lowest BCUT2D eigenvalue weighted by atomic mass is 9.90. The minimum Gasteiger partial charge on any atom is -0.483 e. The SMILES string of the molecule is Cc1ccc(C(C)C)c(OCC(=O)N2CC(O)(c3cnnn3C)C2)c1. The molecule has 134 valence electrons. The van der Waals surface area contributed by atoms with E-state index in [2.05, 4.69) is 24.2 Å². The standard InChI is InChI=1S/C18H24N4O3/c1-12(2)14-6-5-13(3)7-15(14)25-9-17(23)22-10-18(24,11-22)16-8-19-20-21(16)4/h5-8,12,24H,9-11H2,1-4H3. The molecule has 2 heterocycles. The summed E-state index contributed by atoms with van der Waals surface area (Å²) in [6, 6.07) is 6.04. The maximum Gasteiger partial charge on any atom is 0.260 e. The molecule has 0 aliphatic carbocycles. The molecule has 1 saturated heterocycles. The summed E-state index contributed by atoms with van der Waals surface area (Å²) in [4.78, 5) is 13.9. The number of benzene rings is 1. The lowest BCUT2D eigenvalue weighted by Gasteiger charge is -2.45. The van der Waals surface area contributed by atoms with Crippen molar-refractivity contribution >= 4 is 5.91 Å². The van der Waals surface area contributed by atoms with Gasteiger partial charge in [-0.05, 0) is 30.0 Å². The maximum atomic E-state index is 12.4. The smallest absolute Gasteiger partial charge is 0.260 e. The summed E-state index contributed by atoms with van der Waals surface area (Å²) in [5.41, 5.74) is 1.70. The third-order valence-corrected chi connectivity index (χ3v) is 4.59. The topological polar surface area (TPSA) is 80.5 Å². The average Bonchev–Trinajstić information content (AvgIpc) is 2.95.